The minimum atomic E-state index is -3.36. The van der Waals surface area contributed by atoms with Gasteiger partial charge in [0.25, 0.3) is 5.69 Å². The third kappa shape index (κ3) is 4.70. The number of carbonyl (C=O) groups excluding carboxylic acids is 1. The minimum Gasteiger partial charge on any atom is -0.495 e. The monoisotopic (exact) mass is 385 g/mol. The summed E-state index contributed by atoms with van der Waals surface area (Å²) in [5, 5.41) is 13.6. The first-order valence-corrected chi connectivity index (χ1v) is 10.0. The quantitative estimate of drug-likeness (QED) is 0.566. The van der Waals surface area contributed by atoms with E-state index in [-0.39, 0.29) is 29.6 Å². The third-order valence-corrected chi connectivity index (χ3v) is 6.30. The Morgan fingerprint density at radius 2 is 2.19 bits per heavy atom. The van der Waals surface area contributed by atoms with E-state index in [4.69, 9.17) is 4.74 Å². The molecule has 9 nitrogen and oxygen atoms in total. The van der Waals surface area contributed by atoms with Gasteiger partial charge in [0.05, 0.1) is 29.4 Å². The van der Waals surface area contributed by atoms with Crippen molar-refractivity contribution in [2.45, 2.75) is 26.2 Å². The standard InChI is InChI=1S/C16H23N3O6S/c1-3-9-26(23,24)18-8-4-5-12(11-18)16(20)17-14-10-13(19(21)22)6-7-15(14)25-2/h6-7,10,12H,3-5,8-9,11H2,1-2H3,(H,17,20). The molecule has 1 saturated heterocycles. The topological polar surface area (TPSA) is 119 Å². The Balaban J connectivity index is 2.14. The third-order valence-electron chi connectivity index (χ3n) is 4.26. The summed E-state index contributed by atoms with van der Waals surface area (Å²) in [4.78, 5) is 23.0. The van der Waals surface area contributed by atoms with Crippen LogP contribution in [0.25, 0.3) is 0 Å². The zero-order chi connectivity index (χ0) is 19.3. The van der Waals surface area contributed by atoms with Crippen molar-refractivity contribution in [2.75, 3.05) is 31.3 Å². The molecular formula is C16H23N3O6S. The van der Waals surface area contributed by atoms with Crippen LogP contribution in [0.15, 0.2) is 18.2 Å². The predicted molar refractivity (Wildman–Crippen MR) is 96.7 cm³/mol. The van der Waals surface area contributed by atoms with E-state index >= 15 is 0 Å². The lowest BCUT2D eigenvalue weighted by Gasteiger charge is -2.31. The zero-order valence-corrected chi connectivity index (χ0v) is 15.6. The van der Waals surface area contributed by atoms with E-state index < -0.39 is 20.9 Å². The number of nitrogens with one attached hydrogen (secondary N) is 1. The Hall–Kier alpha value is -2.20. The fourth-order valence-electron chi connectivity index (χ4n) is 2.94. The van der Waals surface area contributed by atoms with Crippen LogP contribution in [0.4, 0.5) is 11.4 Å². The van der Waals surface area contributed by atoms with E-state index in [1.165, 1.54) is 29.6 Å². The smallest absolute Gasteiger partial charge is 0.271 e. The highest BCUT2D eigenvalue weighted by Crippen LogP contribution is 2.30. The molecule has 1 aromatic carbocycles. The van der Waals surface area contributed by atoms with Crippen molar-refractivity contribution in [1.82, 2.24) is 4.31 Å². The molecule has 1 atom stereocenters. The summed E-state index contributed by atoms with van der Waals surface area (Å²) in [6.45, 7) is 2.32. The first kappa shape index (κ1) is 20.1. The van der Waals surface area contributed by atoms with E-state index in [9.17, 15) is 23.3 Å². The average Bonchev–Trinajstić information content (AvgIpc) is 2.61. The van der Waals surface area contributed by atoms with Crippen LogP contribution in [-0.2, 0) is 14.8 Å². The van der Waals surface area contributed by atoms with Crippen molar-refractivity contribution < 1.29 is 22.9 Å². The van der Waals surface area contributed by atoms with Gasteiger partial charge in [-0.25, -0.2) is 12.7 Å². The number of sulfonamides is 1. The molecule has 1 N–H and O–H groups in total. The SMILES string of the molecule is CCCS(=O)(=O)N1CCCC(C(=O)Nc2cc([N+](=O)[O-])ccc2OC)C1. The van der Waals surface area contributed by atoms with Crippen LogP contribution in [0.5, 0.6) is 5.75 Å². The second-order valence-electron chi connectivity index (χ2n) is 6.14. The maximum absolute atomic E-state index is 12.6. The molecule has 2 rings (SSSR count). The fourth-order valence-corrected chi connectivity index (χ4v) is 4.53. The molecule has 1 aromatic rings. The molecule has 144 valence electrons. The van der Waals surface area contributed by atoms with Crippen molar-refractivity contribution in [3.05, 3.63) is 28.3 Å². The highest BCUT2D eigenvalue weighted by atomic mass is 32.2. The van der Waals surface area contributed by atoms with Crippen molar-refractivity contribution >= 4 is 27.3 Å². The molecule has 0 bridgehead atoms. The van der Waals surface area contributed by atoms with Gasteiger partial charge in [-0.15, -0.1) is 0 Å². The number of piperidine rings is 1. The van der Waals surface area contributed by atoms with E-state index in [1.54, 1.807) is 6.92 Å². The lowest BCUT2D eigenvalue weighted by molar-refractivity contribution is -0.384. The Morgan fingerprint density at radius 3 is 2.81 bits per heavy atom. The molecule has 1 aliphatic rings. The van der Waals surface area contributed by atoms with Gasteiger partial charge in [0.15, 0.2) is 0 Å². The molecule has 0 spiro atoms. The number of methoxy groups -OCH3 is 1. The fraction of sp³-hybridized carbons (Fsp3) is 0.562. The van der Waals surface area contributed by atoms with E-state index in [2.05, 4.69) is 5.32 Å². The number of ether oxygens (including phenoxy) is 1. The van der Waals surface area contributed by atoms with Crippen LogP contribution in [0.3, 0.4) is 0 Å². The number of carbonyl (C=O) groups is 1. The van der Waals surface area contributed by atoms with E-state index in [0.717, 1.165) is 0 Å². The lowest BCUT2D eigenvalue weighted by Crippen LogP contribution is -2.44. The van der Waals surface area contributed by atoms with Crippen LogP contribution in [0.2, 0.25) is 0 Å². The van der Waals surface area contributed by atoms with Gasteiger partial charge in [0.1, 0.15) is 5.75 Å². The number of nitro benzene ring substituents is 1. The van der Waals surface area contributed by atoms with Gasteiger partial charge in [0, 0.05) is 25.2 Å². The Labute approximate surface area is 152 Å². The molecule has 1 amide bonds. The molecule has 0 radical (unpaired) electrons. The first-order chi connectivity index (χ1) is 12.3. The maximum Gasteiger partial charge on any atom is 0.271 e. The van der Waals surface area contributed by atoms with Gasteiger partial charge in [0.2, 0.25) is 15.9 Å². The van der Waals surface area contributed by atoms with Crippen molar-refractivity contribution in [1.29, 1.82) is 0 Å². The number of benzene rings is 1. The largest absolute Gasteiger partial charge is 0.495 e. The number of nitro groups is 1. The molecule has 1 unspecified atom stereocenters. The minimum absolute atomic E-state index is 0.0556. The van der Waals surface area contributed by atoms with Crippen molar-refractivity contribution in [3.8, 4) is 5.75 Å². The number of hydrogen-bond acceptors (Lipinski definition) is 6. The first-order valence-electron chi connectivity index (χ1n) is 8.39. The number of anilines is 1. The summed E-state index contributed by atoms with van der Waals surface area (Å²) in [6.07, 6.45) is 1.66. The zero-order valence-electron chi connectivity index (χ0n) is 14.8. The molecule has 10 heteroatoms. The van der Waals surface area contributed by atoms with E-state index in [0.29, 0.717) is 31.6 Å². The number of nitrogens with zero attached hydrogens (tertiary/aromatic N) is 2. The van der Waals surface area contributed by atoms with Gasteiger partial charge in [-0.3, -0.25) is 14.9 Å². The molecule has 0 saturated carbocycles. The van der Waals surface area contributed by atoms with Crippen LogP contribution >= 0.6 is 0 Å². The van der Waals surface area contributed by atoms with Crippen LogP contribution in [-0.4, -0.2) is 49.5 Å². The van der Waals surface area contributed by atoms with Crippen molar-refractivity contribution in [2.24, 2.45) is 5.92 Å². The number of amides is 1. The molecule has 0 aromatic heterocycles. The second-order valence-corrected chi connectivity index (χ2v) is 8.23. The maximum atomic E-state index is 12.6. The van der Waals surface area contributed by atoms with E-state index in [1.807, 2.05) is 0 Å². The predicted octanol–water partition coefficient (Wildman–Crippen LogP) is 1.99. The Kier molecular flexibility index (Phi) is 6.54. The number of rotatable bonds is 7. The molecule has 26 heavy (non-hydrogen) atoms. The highest BCUT2D eigenvalue weighted by molar-refractivity contribution is 7.89. The lowest BCUT2D eigenvalue weighted by atomic mass is 9.98. The highest BCUT2D eigenvalue weighted by Gasteiger charge is 2.32. The Bertz CT molecular complexity index is 780. The van der Waals surface area contributed by atoms with Gasteiger partial charge in [-0.1, -0.05) is 6.92 Å². The second kappa shape index (κ2) is 8.45. The summed E-state index contributed by atoms with van der Waals surface area (Å²) < 4.78 is 31.0. The molecular weight excluding hydrogens is 362 g/mol. The normalized spacial score (nSPS) is 18.3. The number of non-ortho nitro benzene ring substituents is 1. The molecule has 1 heterocycles. The average molecular weight is 385 g/mol. The molecule has 1 aliphatic heterocycles. The van der Waals surface area contributed by atoms with Crippen LogP contribution in [0.1, 0.15) is 26.2 Å². The molecule has 0 aliphatic carbocycles. The van der Waals surface area contributed by atoms with Gasteiger partial charge >= 0.3 is 0 Å². The van der Waals surface area contributed by atoms with Crippen LogP contribution < -0.4 is 10.1 Å². The summed E-state index contributed by atoms with van der Waals surface area (Å²) in [5.41, 5.74) is 0.0251. The van der Waals surface area contributed by atoms with Gasteiger partial charge in [-0.2, -0.15) is 0 Å². The summed E-state index contributed by atoms with van der Waals surface area (Å²) >= 11 is 0. The van der Waals surface area contributed by atoms with Crippen LogP contribution in [0, 0.1) is 16.0 Å². The summed E-state index contributed by atoms with van der Waals surface area (Å²) in [6, 6.07) is 3.92. The summed E-state index contributed by atoms with van der Waals surface area (Å²) in [5.74, 6) is -0.533. The Morgan fingerprint density at radius 1 is 1.46 bits per heavy atom. The van der Waals surface area contributed by atoms with Gasteiger partial charge in [-0.05, 0) is 25.3 Å². The molecule has 1 fully saturated rings. The van der Waals surface area contributed by atoms with Gasteiger partial charge < -0.3 is 10.1 Å². The van der Waals surface area contributed by atoms with Crippen molar-refractivity contribution in [3.63, 3.8) is 0 Å². The summed E-state index contributed by atoms with van der Waals surface area (Å²) in [7, 11) is -1.96. The number of hydrogen-bond donors (Lipinski definition) is 1.